The van der Waals surface area contributed by atoms with Gasteiger partial charge in [0.1, 0.15) is 0 Å². The molecule has 20 heavy (non-hydrogen) atoms. The third kappa shape index (κ3) is 3.10. The minimum Gasteiger partial charge on any atom is -0.465 e. The van der Waals surface area contributed by atoms with Crippen molar-refractivity contribution < 1.29 is 9.53 Å². The Kier molecular flexibility index (Phi) is 4.60. The summed E-state index contributed by atoms with van der Waals surface area (Å²) >= 11 is 1.48. The maximum Gasteiger partial charge on any atom is 0.340 e. The number of aromatic nitrogens is 1. The van der Waals surface area contributed by atoms with E-state index in [1.807, 2.05) is 0 Å². The molecule has 0 atom stereocenters. The lowest BCUT2D eigenvalue weighted by molar-refractivity contribution is 0.0603. The highest BCUT2D eigenvalue weighted by Crippen LogP contribution is 2.28. The van der Waals surface area contributed by atoms with Crippen LogP contribution in [-0.4, -0.2) is 18.1 Å². The van der Waals surface area contributed by atoms with E-state index in [0.29, 0.717) is 17.0 Å². The van der Waals surface area contributed by atoms with Crippen molar-refractivity contribution in [3.8, 4) is 0 Å². The summed E-state index contributed by atoms with van der Waals surface area (Å²) in [6.07, 6.45) is 3.03. The molecular formula is C15H19NO3S. The van der Waals surface area contributed by atoms with E-state index in [1.54, 1.807) is 11.4 Å². The zero-order valence-corrected chi connectivity index (χ0v) is 12.8. The Hall–Kier alpha value is -1.62. The smallest absolute Gasteiger partial charge is 0.340 e. The number of pyridine rings is 1. The van der Waals surface area contributed by atoms with Crippen molar-refractivity contribution in [2.75, 3.05) is 7.11 Å². The highest BCUT2D eigenvalue weighted by atomic mass is 32.1. The molecule has 5 heteroatoms. The molecule has 4 nitrogen and oxygen atoms in total. The lowest BCUT2D eigenvalue weighted by atomic mass is 10.0. The van der Waals surface area contributed by atoms with Gasteiger partial charge >= 0.3 is 5.97 Å². The summed E-state index contributed by atoms with van der Waals surface area (Å²) in [5.41, 5.74) is 1.90. The molecule has 0 amide bonds. The predicted octanol–water partition coefficient (Wildman–Crippen LogP) is 3.35. The van der Waals surface area contributed by atoms with Crippen molar-refractivity contribution in [1.29, 1.82) is 0 Å². The van der Waals surface area contributed by atoms with Crippen LogP contribution in [0.4, 0.5) is 0 Å². The van der Waals surface area contributed by atoms with Gasteiger partial charge in [0, 0.05) is 11.4 Å². The van der Waals surface area contributed by atoms with Crippen molar-refractivity contribution in [2.45, 2.75) is 33.1 Å². The molecule has 0 bridgehead atoms. The number of hydrogen-bond acceptors (Lipinski definition) is 4. The predicted molar refractivity (Wildman–Crippen MR) is 81.6 cm³/mol. The van der Waals surface area contributed by atoms with E-state index in [0.717, 1.165) is 29.5 Å². The van der Waals surface area contributed by atoms with Crippen LogP contribution in [0.5, 0.6) is 0 Å². The van der Waals surface area contributed by atoms with Crippen molar-refractivity contribution in [3.63, 3.8) is 0 Å². The Morgan fingerprint density at radius 2 is 2.20 bits per heavy atom. The first-order chi connectivity index (χ1) is 9.52. The van der Waals surface area contributed by atoms with Crippen LogP contribution in [0.1, 0.15) is 42.6 Å². The Bertz CT molecular complexity index is 669. The van der Waals surface area contributed by atoms with Gasteiger partial charge in [0.25, 0.3) is 0 Å². The topological polar surface area (TPSA) is 59.2 Å². The number of carbonyl (C=O) groups is 1. The van der Waals surface area contributed by atoms with Crippen molar-refractivity contribution >= 4 is 27.5 Å². The number of H-pyrrole nitrogens is 1. The summed E-state index contributed by atoms with van der Waals surface area (Å²) in [4.78, 5) is 26.2. The molecule has 1 N–H and O–H groups in total. The number of aromatic amines is 1. The number of fused-ring (bicyclic) bond motifs is 1. The molecule has 2 heterocycles. The second kappa shape index (κ2) is 6.22. The third-order valence-electron chi connectivity index (χ3n) is 3.27. The van der Waals surface area contributed by atoms with Gasteiger partial charge in [-0.1, -0.05) is 20.3 Å². The Morgan fingerprint density at radius 1 is 1.45 bits per heavy atom. The molecule has 0 spiro atoms. The number of hydrogen-bond donors (Lipinski definition) is 1. The number of methoxy groups -OCH3 is 1. The first-order valence-corrected chi connectivity index (χ1v) is 7.62. The molecule has 0 aromatic carbocycles. The lowest BCUT2D eigenvalue weighted by Gasteiger charge is -2.05. The number of thiophene rings is 1. The van der Waals surface area contributed by atoms with E-state index in [1.165, 1.54) is 18.4 Å². The zero-order chi connectivity index (χ0) is 14.7. The first-order valence-electron chi connectivity index (χ1n) is 6.74. The summed E-state index contributed by atoms with van der Waals surface area (Å²) in [6, 6.07) is 1.64. The van der Waals surface area contributed by atoms with Gasteiger partial charge in [0.15, 0.2) is 0 Å². The molecule has 0 aliphatic rings. The molecular weight excluding hydrogens is 274 g/mol. The van der Waals surface area contributed by atoms with E-state index in [9.17, 15) is 9.59 Å². The fourth-order valence-corrected chi connectivity index (χ4v) is 3.29. The van der Waals surface area contributed by atoms with E-state index < -0.39 is 5.97 Å². The lowest BCUT2D eigenvalue weighted by Crippen LogP contribution is -2.08. The molecule has 0 aliphatic heterocycles. The first kappa shape index (κ1) is 14.8. The van der Waals surface area contributed by atoms with Gasteiger partial charge in [0.05, 0.1) is 22.9 Å². The Balaban J connectivity index is 2.38. The van der Waals surface area contributed by atoms with Crippen LogP contribution < -0.4 is 5.56 Å². The fourth-order valence-electron chi connectivity index (χ4n) is 2.25. The number of nitrogens with one attached hydrogen (secondary N) is 1. The van der Waals surface area contributed by atoms with Crippen molar-refractivity contribution in [2.24, 2.45) is 5.92 Å². The maximum absolute atomic E-state index is 11.8. The molecule has 108 valence electrons. The van der Waals surface area contributed by atoms with E-state index in [2.05, 4.69) is 18.8 Å². The number of esters is 1. The second-order valence-corrected chi connectivity index (χ2v) is 6.17. The summed E-state index contributed by atoms with van der Waals surface area (Å²) in [6.45, 7) is 4.38. The molecule has 0 saturated heterocycles. The average Bonchev–Trinajstić information content (AvgIpc) is 2.81. The van der Waals surface area contributed by atoms with Crippen LogP contribution in [0.2, 0.25) is 0 Å². The highest BCUT2D eigenvalue weighted by Gasteiger charge is 2.16. The molecule has 2 aromatic rings. The van der Waals surface area contributed by atoms with Gasteiger partial charge < -0.3 is 9.72 Å². The summed E-state index contributed by atoms with van der Waals surface area (Å²) in [5, 5.41) is 1.75. The molecule has 2 rings (SSSR count). The van der Waals surface area contributed by atoms with Gasteiger partial charge in [-0.2, -0.15) is 0 Å². The molecule has 0 unspecified atom stereocenters. The van der Waals surface area contributed by atoms with Gasteiger partial charge in [0.2, 0.25) is 5.56 Å². The van der Waals surface area contributed by atoms with Crippen molar-refractivity contribution in [1.82, 2.24) is 4.98 Å². The number of aryl methyl sites for hydroxylation is 1. The fraction of sp³-hybridized carbons (Fsp3) is 0.467. The minimum absolute atomic E-state index is 0.166. The van der Waals surface area contributed by atoms with Gasteiger partial charge in [-0.25, -0.2) is 4.79 Å². The standard InChI is InChI=1S/C15H19NO3S/c1-9(2)5-4-6-10-7-12(17)16-13-11(15(18)19-3)8-20-14(10)13/h7-9H,4-6H2,1-3H3,(H,16,17). The Morgan fingerprint density at radius 3 is 2.85 bits per heavy atom. The van der Waals surface area contributed by atoms with Crippen LogP contribution in [0.15, 0.2) is 16.2 Å². The third-order valence-corrected chi connectivity index (χ3v) is 4.32. The maximum atomic E-state index is 11.8. The molecule has 0 aliphatic carbocycles. The molecule has 2 aromatic heterocycles. The summed E-state index contributed by atoms with van der Waals surface area (Å²) in [5.74, 6) is 0.243. The largest absolute Gasteiger partial charge is 0.465 e. The van der Waals surface area contributed by atoms with Crippen LogP contribution in [-0.2, 0) is 11.2 Å². The van der Waals surface area contributed by atoms with Gasteiger partial charge in [-0.3, -0.25) is 4.79 Å². The van der Waals surface area contributed by atoms with Gasteiger partial charge in [-0.15, -0.1) is 11.3 Å². The normalized spacial score (nSPS) is 11.2. The summed E-state index contributed by atoms with van der Waals surface area (Å²) < 4.78 is 5.72. The van der Waals surface area contributed by atoms with E-state index in [4.69, 9.17) is 4.74 Å². The molecule has 0 radical (unpaired) electrons. The van der Waals surface area contributed by atoms with Gasteiger partial charge in [-0.05, 0) is 24.3 Å². The SMILES string of the molecule is COC(=O)c1csc2c(CCCC(C)C)cc(=O)[nH]c12. The van der Waals surface area contributed by atoms with Crippen LogP contribution in [0, 0.1) is 5.92 Å². The van der Waals surface area contributed by atoms with Crippen LogP contribution in [0.3, 0.4) is 0 Å². The number of carbonyl (C=O) groups excluding carboxylic acids is 1. The van der Waals surface area contributed by atoms with Crippen LogP contribution >= 0.6 is 11.3 Å². The monoisotopic (exact) mass is 293 g/mol. The van der Waals surface area contributed by atoms with E-state index in [-0.39, 0.29) is 5.56 Å². The van der Waals surface area contributed by atoms with E-state index >= 15 is 0 Å². The second-order valence-electron chi connectivity index (χ2n) is 5.29. The zero-order valence-electron chi connectivity index (χ0n) is 12.0. The number of ether oxygens (including phenoxy) is 1. The number of rotatable bonds is 5. The Labute approximate surface area is 121 Å². The van der Waals surface area contributed by atoms with Crippen molar-refractivity contribution in [3.05, 3.63) is 32.9 Å². The quantitative estimate of drug-likeness (QED) is 0.860. The molecule has 0 saturated carbocycles. The van der Waals surface area contributed by atoms with Crippen LogP contribution in [0.25, 0.3) is 10.2 Å². The minimum atomic E-state index is -0.411. The average molecular weight is 293 g/mol. The molecule has 0 fully saturated rings. The summed E-state index contributed by atoms with van der Waals surface area (Å²) in [7, 11) is 1.34. The highest BCUT2D eigenvalue weighted by molar-refractivity contribution is 7.17.